The fraction of sp³-hybridized carbons (Fsp3) is 0.387. The van der Waals surface area contributed by atoms with Gasteiger partial charge in [0.2, 0.25) is 0 Å². The van der Waals surface area contributed by atoms with Crippen LogP contribution in [0.3, 0.4) is 0 Å². The number of carbonyl (C=O) groups is 3. The number of ether oxygens (including phenoxy) is 2. The minimum atomic E-state index is -0.916. The van der Waals surface area contributed by atoms with Crippen LogP contribution in [-0.2, 0) is 21.0 Å². The van der Waals surface area contributed by atoms with Crippen molar-refractivity contribution in [2.75, 3.05) is 13.2 Å². The van der Waals surface area contributed by atoms with Crippen molar-refractivity contribution in [1.29, 1.82) is 0 Å². The SMILES string of the molecule is CCOc1cc(C2C3=C(CCCC3=O)N(CCC(=O)O)C3=C2C(=O)CCC3)ccc1OCc1cccc(F)c1. The molecule has 2 aromatic carbocycles. The monoisotopic (exact) mass is 533 g/mol. The van der Waals surface area contributed by atoms with Gasteiger partial charge < -0.3 is 19.5 Å². The van der Waals surface area contributed by atoms with Crippen molar-refractivity contribution < 1.29 is 33.4 Å². The maximum Gasteiger partial charge on any atom is 0.305 e. The number of hydrogen-bond donors (Lipinski definition) is 1. The highest BCUT2D eigenvalue weighted by Gasteiger charge is 2.43. The smallest absolute Gasteiger partial charge is 0.305 e. The van der Waals surface area contributed by atoms with E-state index in [4.69, 9.17) is 9.47 Å². The number of carbonyl (C=O) groups excluding carboxylic acids is 2. The Morgan fingerprint density at radius 1 is 0.949 bits per heavy atom. The van der Waals surface area contributed by atoms with Crippen molar-refractivity contribution in [2.24, 2.45) is 0 Å². The summed E-state index contributed by atoms with van der Waals surface area (Å²) in [7, 11) is 0. The van der Waals surface area contributed by atoms with Gasteiger partial charge in [0.05, 0.1) is 13.0 Å². The van der Waals surface area contributed by atoms with E-state index in [-0.39, 0.29) is 37.0 Å². The maximum absolute atomic E-state index is 13.6. The Bertz CT molecular complexity index is 1330. The zero-order valence-corrected chi connectivity index (χ0v) is 22.0. The summed E-state index contributed by atoms with van der Waals surface area (Å²) in [6, 6.07) is 11.7. The Labute approximate surface area is 226 Å². The van der Waals surface area contributed by atoms with Gasteiger partial charge in [-0.1, -0.05) is 18.2 Å². The van der Waals surface area contributed by atoms with Crippen LogP contribution in [0.4, 0.5) is 4.39 Å². The summed E-state index contributed by atoms with van der Waals surface area (Å²) in [5.41, 5.74) is 4.32. The molecule has 0 amide bonds. The molecular formula is C31H32FNO6. The van der Waals surface area contributed by atoms with Crippen molar-refractivity contribution >= 4 is 17.5 Å². The molecule has 0 aromatic heterocycles. The van der Waals surface area contributed by atoms with Gasteiger partial charge >= 0.3 is 5.97 Å². The number of nitrogens with zero attached hydrogens (tertiary/aromatic N) is 1. The molecule has 1 heterocycles. The summed E-state index contributed by atoms with van der Waals surface area (Å²) < 4.78 is 25.5. The molecule has 2 aromatic rings. The van der Waals surface area contributed by atoms with Crippen LogP contribution < -0.4 is 9.47 Å². The van der Waals surface area contributed by atoms with Crippen molar-refractivity contribution in [2.45, 2.75) is 64.4 Å². The van der Waals surface area contributed by atoms with Gasteiger partial charge in [-0.05, 0) is 68.0 Å². The van der Waals surface area contributed by atoms with Crippen LogP contribution >= 0.6 is 0 Å². The van der Waals surface area contributed by atoms with Crippen LogP contribution in [0.2, 0.25) is 0 Å². The molecule has 7 nitrogen and oxygen atoms in total. The third-order valence-electron chi connectivity index (χ3n) is 7.52. The zero-order valence-electron chi connectivity index (χ0n) is 22.0. The predicted octanol–water partition coefficient (Wildman–Crippen LogP) is 5.69. The number of halogens is 1. The summed E-state index contributed by atoms with van der Waals surface area (Å²) in [6.45, 7) is 2.63. The first-order valence-electron chi connectivity index (χ1n) is 13.5. The van der Waals surface area contributed by atoms with E-state index in [0.717, 1.165) is 17.0 Å². The molecule has 39 heavy (non-hydrogen) atoms. The van der Waals surface area contributed by atoms with Crippen LogP contribution in [0.25, 0.3) is 0 Å². The fourth-order valence-corrected chi connectivity index (χ4v) is 5.91. The summed E-state index contributed by atoms with van der Waals surface area (Å²) in [5.74, 6) is -0.831. The van der Waals surface area contributed by atoms with Crippen LogP contribution in [0.1, 0.15) is 68.9 Å². The van der Waals surface area contributed by atoms with E-state index in [1.54, 1.807) is 18.2 Å². The Kier molecular flexibility index (Phi) is 7.82. The third kappa shape index (κ3) is 5.46. The molecule has 1 N–H and O–H groups in total. The normalized spacial score (nSPS) is 17.7. The van der Waals surface area contributed by atoms with Crippen molar-refractivity contribution in [3.05, 3.63) is 81.9 Å². The Morgan fingerprint density at radius 3 is 2.26 bits per heavy atom. The Morgan fingerprint density at radius 2 is 1.64 bits per heavy atom. The first kappa shape index (κ1) is 26.7. The molecule has 5 rings (SSSR count). The number of aliphatic carboxylic acids is 1. The molecular weight excluding hydrogens is 501 g/mol. The minimum absolute atomic E-state index is 0.00381. The lowest BCUT2D eigenvalue weighted by atomic mass is 9.71. The average molecular weight is 534 g/mol. The van der Waals surface area contributed by atoms with Gasteiger partial charge in [-0.25, -0.2) is 4.39 Å². The maximum atomic E-state index is 13.6. The molecule has 0 fully saturated rings. The molecule has 204 valence electrons. The Balaban J connectivity index is 1.56. The third-order valence-corrected chi connectivity index (χ3v) is 7.52. The van der Waals surface area contributed by atoms with Crippen LogP contribution in [0.15, 0.2) is 65.0 Å². The zero-order chi connectivity index (χ0) is 27.5. The number of rotatable bonds is 9. The van der Waals surface area contributed by atoms with Crippen molar-refractivity contribution in [1.82, 2.24) is 4.90 Å². The number of carboxylic acid groups (broad SMARTS) is 1. The highest BCUT2D eigenvalue weighted by atomic mass is 19.1. The summed E-state index contributed by atoms with van der Waals surface area (Å²) >= 11 is 0. The number of Topliss-reactive ketones (excluding diaryl/α,β-unsaturated/α-hetero) is 2. The highest BCUT2D eigenvalue weighted by molar-refractivity contribution is 6.06. The first-order valence-corrected chi connectivity index (χ1v) is 13.5. The number of hydrogen-bond acceptors (Lipinski definition) is 6. The first-order chi connectivity index (χ1) is 18.9. The minimum Gasteiger partial charge on any atom is -0.490 e. The second kappa shape index (κ2) is 11.4. The number of benzene rings is 2. The number of allylic oxidation sites excluding steroid dienone is 4. The molecule has 0 atom stereocenters. The molecule has 1 aliphatic heterocycles. The lowest BCUT2D eigenvalue weighted by Gasteiger charge is -2.44. The van der Waals surface area contributed by atoms with Crippen LogP contribution in [0, 0.1) is 5.82 Å². The number of ketones is 2. The van der Waals surface area contributed by atoms with Gasteiger partial charge in [0.25, 0.3) is 0 Å². The topological polar surface area (TPSA) is 93.1 Å². The van der Waals surface area contributed by atoms with E-state index < -0.39 is 11.9 Å². The predicted molar refractivity (Wildman–Crippen MR) is 142 cm³/mol. The molecule has 0 unspecified atom stereocenters. The molecule has 0 saturated heterocycles. The highest BCUT2D eigenvalue weighted by Crippen LogP contribution is 2.50. The van der Waals surface area contributed by atoms with Gasteiger partial charge in [0.15, 0.2) is 23.1 Å². The van der Waals surface area contributed by atoms with Gasteiger partial charge in [0.1, 0.15) is 12.4 Å². The van der Waals surface area contributed by atoms with Crippen LogP contribution in [0.5, 0.6) is 11.5 Å². The van der Waals surface area contributed by atoms with Crippen molar-refractivity contribution in [3.63, 3.8) is 0 Å². The quantitative estimate of drug-likeness (QED) is 0.443. The average Bonchev–Trinajstić information content (AvgIpc) is 2.91. The second-order valence-electron chi connectivity index (χ2n) is 10.1. The second-order valence-corrected chi connectivity index (χ2v) is 10.1. The van der Waals surface area contributed by atoms with Gasteiger partial charge in [-0.15, -0.1) is 0 Å². The summed E-state index contributed by atoms with van der Waals surface area (Å²) in [4.78, 5) is 40.2. The van der Waals surface area contributed by atoms with E-state index in [1.165, 1.54) is 12.1 Å². The van der Waals surface area contributed by atoms with E-state index in [9.17, 15) is 23.9 Å². The van der Waals surface area contributed by atoms with E-state index in [1.807, 2.05) is 24.0 Å². The lowest BCUT2D eigenvalue weighted by Crippen LogP contribution is -2.39. The Hall–Kier alpha value is -3.94. The van der Waals surface area contributed by atoms with Crippen molar-refractivity contribution in [3.8, 4) is 11.5 Å². The standard InChI is InChI=1S/C31H32FNO6/c1-2-38-27-17-20(12-13-26(27)39-18-19-6-3-7-21(32)16-19)29-30-22(8-4-10-24(30)34)33(15-14-28(36)37)23-9-5-11-25(35)31(23)29/h3,6-7,12-13,16-17,29H,2,4-5,8-11,14-15,18H2,1H3,(H,36,37). The lowest BCUT2D eigenvalue weighted by molar-refractivity contribution is -0.137. The summed E-state index contributed by atoms with van der Waals surface area (Å²) in [6.07, 6.45) is 3.43. The van der Waals surface area contributed by atoms with E-state index in [0.29, 0.717) is 73.3 Å². The van der Waals surface area contributed by atoms with Gasteiger partial charge in [0, 0.05) is 47.8 Å². The molecule has 2 aliphatic carbocycles. The largest absolute Gasteiger partial charge is 0.490 e. The van der Waals surface area contributed by atoms with Gasteiger partial charge in [-0.2, -0.15) is 0 Å². The molecule has 0 spiro atoms. The van der Waals surface area contributed by atoms with Gasteiger partial charge in [-0.3, -0.25) is 14.4 Å². The molecule has 0 bridgehead atoms. The van der Waals surface area contributed by atoms with E-state index >= 15 is 0 Å². The molecule has 8 heteroatoms. The molecule has 0 saturated carbocycles. The number of carboxylic acids is 1. The summed E-state index contributed by atoms with van der Waals surface area (Å²) in [5, 5.41) is 9.37. The van der Waals surface area contributed by atoms with Crippen LogP contribution in [-0.4, -0.2) is 40.7 Å². The fourth-order valence-electron chi connectivity index (χ4n) is 5.91. The molecule has 0 radical (unpaired) electrons. The van der Waals surface area contributed by atoms with E-state index in [2.05, 4.69) is 0 Å². The molecule has 3 aliphatic rings.